The first-order chi connectivity index (χ1) is 8.81. The molecule has 0 atom stereocenters. The van der Waals surface area contributed by atoms with Crippen LogP contribution in [0, 0.1) is 0 Å². The Morgan fingerprint density at radius 3 is 3.06 bits per heavy atom. The lowest BCUT2D eigenvalue weighted by Crippen LogP contribution is -2.28. The van der Waals surface area contributed by atoms with Gasteiger partial charge in [-0.3, -0.25) is 4.99 Å². The van der Waals surface area contributed by atoms with Crippen molar-refractivity contribution in [3.63, 3.8) is 0 Å². The van der Waals surface area contributed by atoms with E-state index in [9.17, 15) is 0 Å². The van der Waals surface area contributed by atoms with Gasteiger partial charge in [0.15, 0.2) is 0 Å². The summed E-state index contributed by atoms with van der Waals surface area (Å²) in [4.78, 5) is 7.02. The molecule has 2 heteroatoms. The quantitative estimate of drug-likeness (QED) is 0.677. The minimum Gasteiger partial charge on any atom is -0.302 e. The minimum absolute atomic E-state index is 0.851. The van der Waals surface area contributed by atoms with E-state index in [2.05, 4.69) is 48.2 Å². The Kier molecular flexibility index (Phi) is 4.94. The Balaban J connectivity index is 1.99. The van der Waals surface area contributed by atoms with Crippen LogP contribution in [0.3, 0.4) is 0 Å². The summed E-state index contributed by atoms with van der Waals surface area (Å²) in [5, 5.41) is 0. The lowest BCUT2D eigenvalue weighted by molar-refractivity contribution is 0.360. The van der Waals surface area contributed by atoms with E-state index in [1.807, 2.05) is 0 Å². The molecule has 0 aliphatic carbocycles. The number of hydrogen-bond acceptors (Lipinski definition) is 2. The Hall–Kier alpha value is -1.15. The zero-order valence-corrected chi connectivity index (χ0v) is 11.7. The number of hydrogen-bond donors (Lipinski definition) is 0. The molecule has 2 heterocycles. The van der Waals surface area contributed by atoms with Crippen LogP contribution >= 0.6 is 0 Å². The van der Waals surface area contributed by atoms with Gasteiger partial charge in [0, 0.05) is 13.1 Å². The molecule has 0 aromatic rings. The van der Waals surface area contributed by atoms with Crippen molar-refractivity contribution in [2.45, 2.75) is 32.6 Å². The number of rotatable bonds is 5. The summed E-state index contributed by atoms with van der Waals surface area (Å²) < 4.78 is 0. The average Bonchev–Trinajstić information content (AvgIpc) is 2.83. The van der Waals surface area contributed by atoms with Gasteiger partial charge in [-0.25, -0.2) is 0 Å². The van der Waals surface area contributed by atoms with Gasteiger partial charge in [-0.15, -0.1) is 0 Å². The summed E-state index contributed by atoms with van der Waals surface area (Å²) in [5.41, 5.74) is 3.97. The molecular weight excluding hydrogens is 220 g/mol. The van der Waals surface area contributed by atoms with Crippen molar-refractivity contribution < 1.29 is 0 Å². The number of allylic oxidation sites excluding steroid dienone is 3. The maximum absolute atomic E-state index is 4.65. The minimum atomic E-state index is 0.851. The summed E-state index contributed by atoms with van der Waals surface area (Å²) in [6, 6.07) is 0. The van der Waals surface area contributed by atoms with Crippen LogP contribution < -0.4 is 0 Å². The van der Waals surface area contributed by atoms with Crippen LogP contribution in [0.5, 0.6) is 0 Å². The third-order valence-corrected chi connectivity index (χ3v) is 3.50. The first-order valence-electron chi connectivity index (χ1n) is 7.10. The second kappa shape index (κ2) is 6.69. The van der Waals surface area contributed by atoms with Gasteiger partial charge in [-0.05, 0) is 31.0 Å². The van der Waals surface area contributed by atoms with Gasteiger partial charge in [-0.1, -0.05) is 44.1 Å². The fourth-order valence-electron chi connectivity index (χ4n) is 2.45. The highest BCUT2D eigenvalue weighted by Gasteiger charge is 2.17. The largest absolute Gasteiger partial charge is 0.302 e. The highest BCUT2D eigenvalue weighted by atomic mass is 15.1. The molecule has 0 aromatic carbocycles. The van der Waals surface area contributed by atoms with E-state index >= 15 is 0 Å². The smallest absolute Gasteiger partial charge is 0.0689 e. The van der Waals surface area contributed by atoms with E-state index < -0.39 is 0 Å². The first kappa shape index (κ1) is 13.3. The summed E-state index contributed by atoms with van der Waals surface area (Å²) in [6.07, 6.45) is 14.0. The lowest BCUT2D eigenvalue weighted by atomic mass is 9.99. The van der Waals surface area contributed by atoms with E-state index in [1.54, 1.807) is 0 Å². The van der Waals surface area contributed by atoms with Gasteiger partial charge in [-0.2, -0.15) is 0 Å². The van der Waals surface area contributed by atoms with Gasteiger partial charge in [0.2, 0.25) is 0 Å². The molecule has 2 aliphatic heterocycles. The molecule has 0 spiro atoms. The molecule has 0 saturated heterocycles. The van der Waals surface area contributed by atoms with Crippen molar-refractivity contribution in [2.24, 2.45) is 4.99 Å². The van der Waals surface area contributed by atoms with E-state index in [0.717, 1.165) is 19.5 Å². The van der Waals surface area contributed by atoms with E-state index in [-0.39, 0.29) is 0 Å². The van der Waals surface area contributed by atoms with Gasteiger partial charge < -0.3 is 4.90 Å². The highest BCUT2D eigenvalue weighted by molar-refractivity contribution is 6.15. The molecule has 2 aliphatic rings. The lowest BCUT2D eigenvalue weighted by Gasteiger charge is -2.23. The van der Waals surface area contributed by atoms with E-state index in [4.69, 9.17) is 0 Å². The van der Waals surface area contributed by atoms with Crippen LogP contribution in [0.25, 0.3) is 0 Å². The normalized spacial score (nSPS) is 21.1. The Morgan fingerprint density at radius 1 is 1.39 bits per heavy atom. The highest BCUT2D eigenvalue weighted by Crippen LogP contribution is 2.19. The van der Waals surface area contributed by atoms with Crippen LogP contribution in [-0.4, -0.2) is 37.3 Å². The van der Waals surface area contributed by atoms with Crippen LogP contribution in [-0.2, 0) is 0 Å². The molecular formula is C16H24N2. The Morgan fingerprint density at radius 2 is 2.28 bits per heavy atom. The molecule has 0 aromatic heterocycles. The molecule has 0 radical (unpaired) electrons. The third-order valence-electron chi connectivity index (χ3n) is 3.50. The molecule has 0 saturated carbocycles. The SMILES string of the molecule is CCCC/C=C/C1=CCN=C1C1=CCCN(C)C1. The molecule has 0 bridgehead atoms. The molecule has 0 unspecified atom stereocenters. The number of nitrogens with zero attached hydrogens (tertiary/aromatic N) is 2. The van der Waals surface area contributed by atoms with Gasteiger partial charge >= 0.3 is 0 Å². The standard InChI is InChI=1S/C16H24N2/c1-3-4-5-6-8-14-10-11-17-16(14)15-9-7-12-18(2)13-15/h6,8-10H,3-5,7,11-13H2,1-2H3/b8-6+. The average molecular weight is 244 g/mol. The second-order valence-corrected chi connectivity index (χ2v) is 5.15. The fraction of sp³-hybridized carbons (Fsp3) is 0.562. The first-order valence-corrected chi connectivity index (χ1v) is 7.10. The Labute approximate surface area is 111 Å². The van der Waals surface area contributed by atoms with Crippen molar-refractivity contribution in [3.05, 3.63) is 35.5 Å². The fourth-order valence-corrected chi connectivity index (χ4v) is 2.45. The molecule has 0 N–H and O–H groups in total. The van der Waals surface area contributed by atoms with Crippen molar-refractivity contribution in [3.8, 4) is 0 Å². The van der Waals surface area contributed by atoms with Crippen LogP contribution in [0.15, 0.2) is 40.4 Å². The zero-order chi connectivity index (χ0) is 12.8. The van der Waals surface area contributed by atoms with Crippen LogP contribution in [0.1, 0.15) is 32.6 Å². The van der Waals surface area contributed by atoms with E-state index in [1.165, 1.54) is 42.7 Å². The number of unbranched alkanes of at least 4 members (excludes halogenated alkanes) is 2. The van der Waals surface area contributed by atoms with Gasteiger partial charge in [0.05, 0.1) is 12.3 Å². The predicted octanol–water partition coefficient (Wildman–Crippen LogP) is 3.38. The number of aliphatic imine (C=N–C) groups is 1. The molecule has 2 nitrogen and oxygen atoms in total. The molecule has 98 valence electrons. The third kappa shape index (κ3) is 3.42. The molecule has 0 amide bonds. The second-order valence-electron chi connectivity index (χ2n) is 5.15. The summed E-state index contributed by atoms with van der Waals surface area (Å²) in [7, 11) is 2.18. The zero-order valence-electron chi connectivity index (χ0n) is 11.7. The molecule has 2 rings (SSSR count). The topological polar surface area (TPSA) is 15.6 Å². The van der Waals surface area contributed by atoms with Crippen LogP contribution in [0.2, 0.25) is 0 Å². The Bertz CT molecular complexity index is 399. The maximum Gasteiger partial charge on any atom is 0.0689 e. The van der Waals surface area contributed by atoms with Gasteiger partial charge in [0.25, 0.3) is 0 Å². The van der Waals surface area contributed by atoms with Crippen molar-refractivity contribution in [2.75, 3.05) is 26.7 Å². The van der Waals surface area contributed by atoms with Crippen molar-refractivity contribution in [1.29, 1.82) is 0 Å². The summed E-state index contributed by atoms with van der Waals surface area (Å²) in [6.45, 7) is 5.29. The maximum atomic E-state index is 4.65. The summed E-state index contributed by atoms with van der Waals surface area (Å²) in [5.74, 6) is 0. The molecule has 18 heavy (non-hydrogen) atoms. The van der Waals surface area contributed by atoms with E-state index in [0.29, 0.717) is 0 Å². The number of likely N-dealkylation sites (N-methyl/N-ethyl adjacent to an activating group) is 1. The summed E-state index contributed by atoms with van der Waals surface area (Å²) >= 11 is 0. The van der Waals surface area contributed by atoms with Gasteiger partial charge in [0.1, 0.15) is 0 Å². The molecule has 0 fully saturated rings. The van der Waals surface area contributed by atoms with Crippen molar-refractivity contribution >= 4 is 5.71 Å². The van der Waals surface area contributed by atoms with Crippen LogP contribution in [0.4, 0.5) is 0 Å². The van der Waals surface area contributed by atoms with Crippen molar-refractivity contribution in [1.82, 2.24) is 4.90 Å². The predicted molar refractivity (Wildman–Crippen MR) is 79.2 cm³/mol. The monoisotopic (exact) mass is 244 g/mol.